The highest BCUT2D eigenvalue weighted by atomic mass is 15.0. The third-order valence-electron chi connectivity index (χ3n) is 2.06. The molecule has 0 spiro atoms. The molecule has 0 bridgehead atoms. The van der Waals surface area contributed by atoms with Crippen molar-refractivity contribution in [3.8, 4) is 0 Å². The van der Waals surface area contributed by atoms with Gasteiger partial charge in [-0.2, -0.15) is 0 Å². The van der Waals surface area contributed by atoms with E-state index < -0.39 is 0 Å². The van der Waals surface area contributed by atoms with Crippen LogP contribution in [-0.2, 0) is 13.0 Å². The van der Waals surface area contributed by atoms with Crippen LogP contribution in [0.1, 0.15) is 37.5 Å². The van der Waals surface area contributed by atoms with Gasteiger partial charge >= 0.3 is 0 Å². The molecule has 1 aromatic rings. The molecule has 0 amide bonds. The van der Waals surface area contributed by atoms with Gasteiger partial charge in [-0.1, -0.05) is 20.3 Å². The van der Waals surface area contributed by atoms with Crippen LogP contribution in [0.5, 0.6) is 0 Å². The molecule has 0 aliphatic carbocycles. The molecule has 1 rings (SSSR count). The first-order chi connectivity index (χ1) is 6.27. The van der Waals surface area contributed by atoms with Gasteiger partial charge in [-0.05, 0) is 19.9 Å². The largest absolute Gasteiger partial charge is 0.345 e. The molecule has 13 heavy (non-hydrogen) atoms. The molecule has 0 radical (unpaired) electrons. The van der Waals surface area contributed by atoms with Crippen LogP contribution in [0, 0.1) is 6.92 Å². The first-order valence-electron chi connectivity index (χ1n) is 5.03. The average molecular weight is 181 g/mol. The van der Waals surface area contributed by atoms with Crippen LogP contribution in [-0.4, -0.2) is 16.5 Å². The highest BCUT2D eigenvalue weighted by Gasteiger charge is 2.04. The van der Waals surface area contributed by atoms with Gasteiger partial charge in [0.25, 0.3) is 0 Å². The molecule has 0 saturated carbocycles. The molecule has 0 aromatic carbocycles. The van der Waals surface area contributed by atoms with E-state index in [1.807, 2.05) is 0 Å². The molecule has 3 heteroatoms. The van der Waals surface area contributed by atoms with Crippen LogP contribution in [0.4, 0.5) is 0 Å². The van der Waals surface area contributed by atoms with Crippen LogP contribution >= 0.6 is 0 Å². The Morgan fingerprint density at radius 2 is 2.15 bits per heavy atom. The van der Waals surface area contributed by atoms with E-state index in [-0.39, 0.29) is 0 Å². The minimum atomic E-state index is 0.848. The number of rotatable bonds is 5. The number of aromatic amines is 1. The normalized spacial score (nSPS) is 10.7. The van der Waals surface area contributed by atoms with E-state index in [2.05, 4.69) is 36.1 Å². The molecule has 2 N–H and O–H groups in total. The Morgan fingerprint density at radius 1 is 1.38 bits per heavy atom. The lowest BCUT2D eigenvalue weighted by atomic mass is 10.2. The van der Waals surface area contributed by atoms with E-state index in [0.29, 0.717) is 0 Å². The Hall–Kier alpha value is -0.830. The molecule has 0 atom stereocenters. The molecular weight excluding hydrogens is 162 g/mol. The molecule has 74 valence electrons. The number of aryl methyl sites for hydroxylation is 2. The Labute approximate surface area is 80.0 Å². The smallest absolute Gasteiger partial charge is 0.120 e. The van der Waals surface area contributed by atoms with Crippen molar-refractivity contribution in [3.63, 3.8) is 0 Å². The van der Waals surface area contributed by atoms with E-state index in [1.54, 1.807) is 0 Å². The van der Waals surface area contributed by atoms with E-state index in [0.717, 1.165) is 31.8 Å². The topological polar surface area (TPSA) is 40.7 Å². The van der Waals surface area contributed by atoms with Gasteiger partial charge in [-0.3, -0.25) is 0 Å². The van der Waals surface area contributed by atoms with Gasteiger partial charge in [0.1, 0.15) is 5.82 Å². The molecule has 1 aromatic heterocycles. The summed E-state index contributed by atoms with van der Waals surface area (Å²) in [6.07, 6.45) is 2.24. The fourth-order valence-electron chi connectivity index (χ4n) is 1.37. The molecule has 0 aliphatic rings. The average Bonchev–Trinajstić information content (AvgIpc) is 2.45. The van der Waals surface area contributed by atoms with Crippen molar-refractivity contribution in [1.29, 1.82) is 0 Å². The van der Waals surface area contributed by atoms with Gasteiger partial charge in [0.2, 0.25) is 0 Å². The van der Waals surface area contributed by atoms with Gasteiger partial charge < -0.3 is 10.3 Å². The maximum Gasteiger partial charge on any atom is 0.120 e. The number of nitrogens with zero attached hydrogens (tertiary/aromatic N) is 1. The summed E-state index contributed by atoms with van der Waals surface area (Å²) in [5.41, 5.74) is 2.44. The summed E-state index contributed by atoms with van der Waals surface area (Å²) in [6, 6.07) is 0. The third kappa shape index (κ3) is 2.84. The SMILES string of the molecule is CCCc1nc(CNCC)[nH]c1C. The third-order valence-corrected chi connectivity index (χ3v) is 2.06. The first kappa shape index (κ1) is 10.3. The van der Waals surface area contributed by atoms with Crippen molar-refractivity contribution in [2.45, 2.75) is 40.2 Å². The monoisotopic (exact) mass is 181 g/mol. The lowest BCUT2D eigenvalue weighted by Crippen LogP contribution is -2.12. The summed E-state index contributed by atoms with van der Waals surface area (Å²) in [5.74, 6) is 1.06. The molecule has 0 saturated heterocycles. The lowest BCUT2D eigenvalue weighted by molar-refractivity contribution is 0.695. The highest BCUT2D eigenvalue weighted by Crippen LogP contribution is 2.06. The van der Waals surface area contributed by atoms with Gasteiger partial charge in [-0.15, -0.1) is 0 Å². The second-order valence-corrected chi connectivity index (χ2v) is 3.29. The summed E-state index contributed by atoms with van der Waals surface area (Å²) >= 11 is 0. The number of hydrogen-bond donors (Lipinski definition) is 2. The summed E-state index contributed by atoms with van der Waals surface area (Å²) in [5, 5.41) is 3.25. The number of aromatic nitrogens is 2. The number of imidazole rings is 1. The quantitative estimate of drug-likeness (QED) is 0.727. The molecule has 0 aliphatic heterocycles. The Kier molecular flexibility index (Phi) is 3.96. The maximum absolute atomic E-state index is 4.52. The van der Waals surface area contributed by atoms with E-state index in [1.165, 1.54) is 11.4 Å². The van der Waals surface area contributed by atoms with Crippen LogP contribution in [0.3, 0.4) is 0 Å². The van der Waals surface area contributed by atoms with Gasteiger partial charge in [0.05, 0.1) is 12.2 Å². The lowest BCUT2D eigenvalue weighted by Gasteiger charge is -1.95. The van der Waals surface area contributed by atoms with Gasteiger partial charge in [0.15, 0.2) is 0 Å². The minimum absolute atomic E-state index is 0.848. The fraction of sp³-hybridized carbons (Fsp3) is 0.700. The summed E-state index contributed by atoms with van der Waals surface area (Å²) < 4.78 is 0. The van der Waals surface area contributed by atoms with Crippen molar-refractivity contribution >= 4 is 0 Å². The molecule has 0 unspecified atom stereocenters. The van der Waals surface area contributed by atoms with Crippen molar-refractivity contribution in [3.05, 3.63) is 17.2 Å². The van der Waals surface area contributed by atoms with E-state index in [9.17, 15) is 0 Å². The molecular formula is C10H19N3. The summed E-state index contributed by atoms with van der Waals surface area (Å²) in [7, 11) is 0. The fourth-order valence-corrected chi connectivity index (χ4v) is 1.37. The zero-order chi connectivity index (χ0) is 9.68. The van der Waals surface area contributed by atoms with Crippen molar-refractivity contribution in [2.24, 2.45) is 0 Å². The predicted molar refractivity (Wildman–Crippen MR) is 54.7 cm³/mol. The standard InChI is InChI=1S/C10H19N3/c1-4-6-9-8(3)12-10(13-9)7-11-5-2/h11H,4-7H2,1-3H3,(H,12,13). The summed E-state index contributed by atoms with van der Waals surface area (Å²) in [4.78, 5) is 7.81. The Bertz CT molecular complexity index is 253. The molecule has 1 heterocycles. The zero-order valence-electron chi connectivity index (χ0n) is 8.78. The number of nitrogens with one attached hydrogen (secondary N) is 2. The predicted octanol–water partition coefficient (Wildman–Crippen LogP) is 1.78. The second-order valence-electron chi connectivity index (χ2n) is 3.29. The molecule has 0 fully saturated rings. The maximum atomic E-state index is 4.52. The number of H-pyrrole nitrogens is 1. The first-order valence-corrected chi connectivity index (χ1v) is 5.03. The summed E-state index contributed by atoms with van der Waals surface area (Å²) in [6.45, 7) is 8.21. The molecule has 3 nitrogen and oxygen atoms in total. The Morgan fingerprint density at radius 3 is 2.77 bits per heavy atom. The van der Waals surface area contributed by atoms with Crippen LogP contribution in [0.25, 0.3) is 0 Å². The highest BCUT2D eigenvalue weighted by molar-refractivity contribution is 5.13. The Balaban J connectivity index is 2.59. The van der Waals surface area contributed by atoms with Gasteiger partial charge in [-0.25, -0.2) is 4.98 Å². The van der Waals surface area contributed by atoms with Crippen molar-refractivity contribution < 1.29 is 0 Å². The van der Waals surface area contributed by atoms with Gasteiger partial charge in [0, 0.05) is 5.69 Å². The van der Waals surface area contributed by atoms with E-state index >= 15 is 0 Å². The van der Waals surface area contributed by atoms with Crippen molar-refractivity contribution in [2.75, 3.05) is 6.54 Å². The van der Waals surface area contributed by atoms with Crippen LogP contribution < -0.4 is 5.32 Å². The minimum Gasteiger partial charge on any atom is -0.345 e. The van der Waals surface area contributed by atoms with Crippen LogP contribution in [0.2, 0.25) is 0 Å². The van der Waals surface area contributed by atoms with E-state index in [4.69, 9.17) is 0 Å². The second kappa shape index (κ2) is 5.02. The zero-order valence-corrected chi connectivity index (χ0v) is 8.78. The van der Waals surface area contributed by atoms with Crippen LogP contribution in [0.15, 0.2) is 0 Å². The number of hydrogen-bond acceptors (Lipinski definition) is 2. The van der Waals surface area contributed by atoms with Crippen molar-refractivity contribution in [1.82, 2.24) is 15.3 Å².